The molecule has 6 heteroatoms. The van der Waals surface area contributed by atoms with Crippen molar-refractivity contribution in [2.24, 2.45) is 5.92 Å². The summed E-state index contributed by atoms with van der Waals surface area (Å²) in [6.45, 7) is 2.89. The molecule has 1 aromatic heterocycles. The van der Waals surface area contributed by atoms with Crippen molar-refractivity contribution >= 4 is 22.6 Å². The number of ether oxygens (including phenoxy) is 1. The van der Waals surface area contributed by atoms with Crippen LogP contribution in [-0.2, 0) is 4.79 Å². The molecule has 21 heavy (non-hydrogen) atoms. The van der Waals surface area contributed by atoms with E-state index < -0.39 is 5.97 Å². The Labute approximate surface area is 128 Å². The van der Waals surface area contributed by atoms with Crippen molar-refractivity contribution < 1.29 is 14.6 Å². The number of rotatable bonds is 5. The zero-order valence-corrected chi connectivity index (χ0v) is 12.9. The van der Waals surface area contributed by atoms with E-state index in [-0.39, 0.29) is 5.37 Å². The maximum absolute atomic E-state index is 11.7. The Morgan fingerprint density at radius 2 is 2.29 bits per heavy atom. The van der Waals surface area contributed by atoms with Gasteiger partial charge < -0.3 is 14.7 Å². The highest BCUT2D eigenvalue weighted by Crippen LogP contribution is 2.46. The molecule has 3 rings (SSSR count). The Kier molecular flexibility index (Phi) is 3.80. The van der Waals surface area contributed by atoms with Gasteiger partial charge in [-0.2, -0.15) is 0 Å². The van der Waals surface area contributed by atoms with E-state index in [1.807, 2.05) is 11.0 Å². The number of nitrogens with zero attached hydrogens (tertiary/aromatic N) is 2. The molecule has 0 aromatic carbocycles. The molecule has 0 saturated heterocycles. The molecule has 1 atom stereocenters. The Hall–Kier alpha value is -1.69. The third kappa shape index (κ3) is 2.85. The summed E-state index contributed by atoms with van der Waals surface area (Å²) in [5.41, 5.74) is 1.25. The number of carbonyl (C=O) groups is 1. The van der Waals surface area contributed by atoms with E-state index in [9.17, 15) is 9.90 Å². The fourth-order valence-electron chi connectivity index (χ4n) is 2.48. The van der Waals surface area contributed by atoms with E-state index in [1.165, 1.54) is 12.8 Å². The lowest BCUT2D eigenvalue weighted by Gasteiger charge is -2.24. The van der Waals surface area contributed by atoms with Gasteiger partial charge in [0.05, 0.1) is 12.5 Å². The highest BCUT2D eigenvalue weighted by Gasteiger charge is 2.37. The van der Waals surface area contributed by atoms with Gasteiger partial charge >= 0.3 is 5.97 Å². The third-order valence-corrected chi connectivity index (χ3v) is 5.05. The van der Waals surface area contributed by atoms with Crippen LogP contribution in [0.3, 0.4) is 0 Å². The summed E-state index contributed by atoms with van der Waals surface area (Å²) in [6.07, 6.45) is 4.10. The normalized spacial score (nSPS) is 21.8. The SMILES string of the molecule is COc1ccc(C2=C(C(=O)O)N(CC3CC3)C(C)S2)cn1. The maximum atomic E-state index is 11.7. The van der Waals surface area contributed by atoms with Crippen LogP contribution in [0.4, 0.5) is 0 Å². The first-order valence-corrected chi connectivity index (χ1v) is 7.89. The lowest BCUT2D eigenvalue weighted by Crippen LogP contribution is -2.31. The van der Waals surface area contributed by atoms with Gasteiger partial charge in [0, 0.05) is 29.3 Å². The first kappa shape index (κ1) is 14.3. The molecule has 1 unspecified atom stereocenters. The molecule has 2 aliphatic rings. The maximum Gasteiger partial charge on any atom is 0.353 e. The van der Waals surface area contributed by atoms with Crippen LogP contribution in [0.2, 0.25) is 0 Å². The average molecular weight is 306 g/mol. The molecule has 5 nitrogen and oxygen atoms in total. The number of pyridine rings is 1. The molecule has 1 aromatic rings. The highest BCUT2D eigenvalue weighted by atomic mass is 32.2. The molecule has 2 heterocycles. The van der Waals surface area contributed by atoms with Gasteiger partial charge in [-0.1, -0.05) is 11.8 Å². The molecule has 1 aliphatic heterocycles. The van der Waals surface area contributed by atoms with Crippen molar-refractivity contribution in [2.45, 2.75) is 25.1 Å². The largest absolute Gasteiger partial charge is 0.481 e. The fraction of sp³-hybridized carbons (Fsp3) is 0.467. The minimum absolute atomic E-state index is 0.147. The molecule has 0 bridgehead atoms. The van der Waals surface area contributed by atoms with Gasteiger partial charge in [-0.25, -0.2) is 9.78 Å². The van der Waals surface area contributed by atoms with Gasteiger partial charge in [-0.3, -0.25) is 0 Å². The first-order chi connectivity index (χ1) is 10.1. The highest BCUT2D eigenvalue weighted by molar-refractivity contribution is 8.09. The van der Waals surface area contributed by atoms with Crippen molar-refractivity contribution in [1.82, 2.24) is 9.88 Å². The lowest BCUT2D eigenvalue weighted by atomic mass is 10.2. The summed E-state index contributed by atoms with van der Waals surface area (Å²) < 4.78 is 5.05. The molecule has 0 amide bonds. The van der Waals surface area contributed by atoms with Crippen LogP contribution in [0.15, 0.2) is 24.0 Å². The van der Waals surface area contributed by atoms with Gasteiger partial charge in [0.2, 0.25) is 5.88 Å². The van der Waals surface area contributed by atoms with E-state index in [0.29, 0.717) is 17.5 Å². The van der Waals surface area contributed by atoms with Crippen molar-refractivity contribution in [1.29, 1.82) is 0 Å². The second kappa shape index (κ2) is 5.60. The van der Waals surface area contributed by atoms with Gasteiger partial charge in [-0.15, -0.1) is 0 Å². The van der Waals surface area contributed by atoms with Gasteiger partial charge in [0.25, 0.3) is 0 Å². The predicted octanol–water partition coefficient (Wildman–Crippen LogP) is 2.65. The minimum atomic E-state index is -0.863. The Morgan fingerprint density at radius 1 is 1.52 bits per heavy atom. The summed E-state index contributed by atoms with van der Waals surface area (Å²) in [5.74, 6) is 0.316. The second-order valence-electron chi connectivity index (χ2n) is 5.39. The van der Waals surface area contributed by atoms with Crippen LogP contribution in [0.25, 0.3) is 4.91 Å². The number of carboxylic acid groups (broad SMARTS) is 1. The van der Waals surface area contributed by atoms with Crippen LogP contribution in [0.5, 0.6) is 5.88 Å². The standard InChI is InChI=1S/C15H18N2O3S/c1-9-17(8-10-3-4-10)13(15(18)19)14(21-9)11-5-6-12(20-2)16-7-11/h5-7,9-10H,3-4,8H2,1-2H3,(H,18,19). The molecule has 1 N–H and O–H groups in total. The van der Waals surface area contributed by atoms with Crippen LogP contribution >= 0.6 is 11.8 Å². The minimum Gasteiger partial charge on any atom is -0.481 e. The topological polar surface area (TPSA) is 62.7 Å². The Balaban J connectivity index is 1.95. The van der Waals surface area contributed by atoms with Crippen LogP contribution < -0.4 is 4.74 Å². The van der Waals surface area contributed by atoms with Crippen molar-refractivity contribution in [2.75, 3.05) is 13.7 Å². The lowest BCUT2D eigenvalue weighted by molar-refractivity contribution is -0.134. The molecule has 1 aliphatic carbocycles. The number of carboxylic acids is 1. The van der Waals surface area contributed by atoms with Crippen LogP contribution in [0, 0.1) is 5.92 Å². The molecule has 1 fully saturated rings. The monoisotopic (exact) mass is 306 g/mol. The number of hydrogen-bond donors (Lipinski definition) is 1. The number of aromatic nitrogens is 1. The smallest absolute Gasteiger partial charge is 0.353 e. The van der Waals surface area contributed by atoms with Crippen molar-refractivity contribution in [3.05, 3.63) is 29.6 Å². The van der Waals surface area contributed by atoms with E-state index in [4.69, 9.17) is 4.74 Å². The quantitative estimate of drug-likeness (QED) is 0.902. The molecule has 0 radical (unpaired) electrons. The van der Waals surface area contributed by atoms with E-state index in [0.717, 1.165) is 17.0 Å². The summed E-state index contributed by atoms with van der Waals surface area (Å²) in [4.78, 5) is 18.7. The first-order valence-electron chi connectivity index (χ1n) is 7.01. The second-order valence-corrected chi connectivity index (χ2v) is 6.71. The zero-order chi connectivity index (χ0) is 15.0. The zero-order valence-electron chi connectivity index (χ0n) is 12.1. The van der Waals surface area contributed by atoms with Gasteiger partial charge in [0.15, 0.2) is 0 Å². The number of methoxy groups -OCH3 is 1. The van der Waals surface area contributed by atoms with Crippen molar-refractivity contribution in [3.63, 3.8) is 0 Å². The number of hydrogen-bond acceptors (Lipinski definition) is 5. The molecular formula is C15H18N2O3S. The number of thioether (sulfide) groups is 1. The van der Waals surface area contributed by atoms with Crippen LogP contribution in [-0.4, -0.2) is 40.0 Å². The third-order valence-electron chi connectivity index (χ3n) is 3.79. The molecule has 112 valence electrons. The molecule has 1 saturated carbocycles. The summed E-state index contributed by atoms with van der Waals surface area (Å²) in [7, 11) is 1.56. The average Bonchev–Trinajstić information content (AvgIpc) is 3.23. The Morgan fingerprint density at radius 3 is 2.81 bits per heavy atom. The summed E-state index contributed by atoms with van der Waals surface area (Å²) >= 11 is 1.59. The fourth-order valence-corrected chi connectivity index (χ4v) is 3.71. The van der Waals surface area contributed by atoms with E-state index in [2.05, 4.69) is 11.9 Å². The molecule has 0 spiro atoms. The van der Waals surface area contributed by atoms with Crippen molar-refractivity contribution in [3.8, 4) is 5.88 Å². The molecular weight excluding hydrogens is 288 g/mol. The number of aliphatic carboxylic acids is 1. The summed E-state index contributed by atoms with van der Waals surface area (Å²) in [6, 6.07) is 3.63. The van der Waals surface area contributed by atoms with Gasteiger partial charge in [-0.05, 0) is 31.7 Å². The Bertz CT molecular complexity index is 581. The summed E-state index contributed by atoms with van der Waals surface area (Å²) in [5, 5.41) is 9.76. The van der Waals surface area contributed by atoms with Crippen LogP contribution in [0.1, 0.15) is 25.3 Å². The predicted molar refractivity (Wildman–Crippen MR) is 81.8 cm³/mol. The van der Waals surface area contributed by atoms with Gasteiger partial charge in [0.1, 0.15) is 5.70 Å². The van der Waals surface area contributed by atoms with E-state index >= 15 is 0 Å². The van der Waals surface area contributed by atoms with E-state index in [1.54, 1.807) is 31.1 Å².